The Labute approximate surface area is 107 Å². The van der Waals surface area contributed by atoms with Crippen LogP contribution in [0.2, 0.25) is 0 Å². The van der Waals surface area contributed by atoms with E-state index >= 15 is 0 Å². The number of aliphatic hydroxyl groups is 2. The van der Waals surface area contributed by atoms with Gasteiger partial charge in [0.2, 0.25) is 0 Å². The van der Waals surface area contributed by atoms with E-state index in [1.165, 1.54) is 0 Å². The van der Waals surface area contributed by atoms with Crippen LogP contribution in [0.15, 0.2) is 18.2 Å². The molecule has 1 aromatic carbocycles. The maximum Gasteiger partial charge on any atom is 0.162 e. The summed E-state index contributed by atoms with van der Waals surface area (Å²) >= 11 is 0. The Balaban J connectivity index is 2.15. The van der Waals surface area contributed by atoms with E-state index in [4.69, 9.17) is 14.6 Å². The van der Waals surface area contributed by atoms with Crippen LogP contribution < -0.4 is 9.47 Å². The highest BCUT2D eigenvalue weighted by Gasteiger charge is 2.25. The molecule has 0 radical (unpaired) electrons. The lowest BCUT2D eigenvalue weighted by Gasteiger charge is -2.28. The molecule has 0 bridgehead atoms. The normalized spacial score (nSPS) is 23.7. The fourth-order valence-electron chi connectivity index (χ4n) is 2.29. The van der Waals surface area contributed by atoms with Gasteiger partial charge in [-0.2, -0.15) is 0 Å². The van der Waals surface area contributed by atoms with Gasteiger partial charge in [0.25, 0.3) is 0 Å². The number of hydrogen-bond acceptors (Lipinski definition) is 4. The molecule has 0 heterocycles. The van der Waals surface area contributed by atoms with E-state index in [1.807, 2.05) is 0 Å². The largest absolute Gasteiger partial charge is 0.493 e. The zero-order chi connectivity index (χ0) is 13.0. The van der Waals surface area contributed by atoms with Gasteiger partial charge >= 0.3 is 0 Å². The first kappa shape index (κ1) is 13.2. The van der Waals surface area contributed by atoms with Crippen LogP contribution in [0.5, 0.6) is 11.5 Å². The lowest BCUT2D eigenvalue weighted by Crippen LogP contribution is -2.34. The minimum absolute atomic E-state index is 0.0342. The van der Waals surface area contributed by atoms with Crippen molar-refractivity contribution in [2.24, 2.45) is 0 Å². The zero-order valence-electron chi connectivity index (χ0n) is 10.6. The van der Waals surface area contributed by atoms with Crippen LogP contribution in [-0.2, 0) is 6.61 Å². The molecular weight excluding hydrogens is 232 g/mol. The van der Waals surface area contributed by atoms with Crippen molar-refractivity contribution in [3.63, 3.8) is 0 Å². The van der Waals surface area contributed by atoms with Crippen LogP contribution >= 0.6 is 0 Å². The quantitative estimate of drug-likeness (QED) is 0.859. The summed E-state index contributed by atoms with van der Waals surface area (Å²) in [5, 5.41) is 19.0. The molecule has 2 rings (SSSR count). The standard InChI is InChI=1S/C14H20O4/c1-17-13-7-6-10(9-15)8-14(13)18-12-5-3-2-4-11(12)16/h6-8,11-12,15-16H,2-5,9H2,1H3. The first-order chi connectivity index (χ1) is 8.74. The summed E-state index contributed by atoms with van der Waals surface area (Å²) in [4.78, 5) is 0. The summed E-state index contributed by atoms with van der Waals surface area (Å²) < 4.78 is 11.1. The average molecular weight is 252 g/mol. The number of methoxy groups -OCH3 is 1. The van der Waals surface area contributed by atoms with E-state index in [1.54, 1.807) is 25.3 Å². The maximum atomic E-state index is 9.91. The number of rotatable bonds is 4. The molecule has 1 aliphatic carbocycles. The molecular formula is C14H20O4. The zero-order valence-corrected chi connectivity index (χ0v) is 10.6. The molecule has 2 atom stereocenters. The summed E-state index contributed by atoms with van der Waals surface area (Å²) in [6.07, 6.45) is 3.17. The number of ether oxygens (including phenoxy) is 2. The van der Waals surface area contributed by atoms with Crippen LogP contribution in [-0.4, -0.2) is 29.5 Å². The van der Waals surface area contributed by atoms with Gasteiger partial charge < -0.3 is 19.7 Å². The second-order valence-corrected chi connectivity index (χ2v) is 4.65. The summed E-state index contributed by atoms with van der Waals surface area (Å²) in [7, 11) is 1.58. The maximum absolute atomic E-state index is 9.91. The smallest absolute Gasteiger partial charge is 0.162 e. The third-order valence-corrected chi connectivity index (χ3v) is 3.36. The Morgan fingerprint density at radius 3 is 2.67 bits per heavy atom. The van der Waals surface area contributed by atoms with Gasteiger partial charge in [-0.25, -0.2) is 0 Å². The summed E-state index contributed by atoms with van der Waals surface area (Å²) in [6.45, 7) is -0.0342. The number of hydrogen-bond donors (Lipinski definition) is 2. The van der Waals surface area contributed by atoms with E-state index in [2.05, 4.69) is 0 Å². The molecule has 4 nitrogen and oxygen atoms in total. The van der Waals surface area contributed by atoms with Gasteiger partial charge in [-0.3, -0.25) is 0 Å². The highest BCUT2D eigenvalue weighted by Crippen LogP contribution is 2.32. The summed E-state index contributed by atoms with van der Waals surface area (Å²) in [5.41, 5.74) is 0.774. The Morgan fingerprint density at radius 1 is 1.22 bits per heavy atom. The van der Waals surface area contributed by atoms with Crippen molar-refractivity contribution in [2.75, 3.05) is 7.11 Å². The summed E-state index contributed by atoms with van der Waals surface area (Å²) in [5.74, 6) is 1.22. The first-order valence-corrected chi connectivity index (χ1v) is 6.37. The van der Waals surface area contributed by atoms with Crippen molar-refractivity contribution in [2.45, 2.75) is 44.5 Å². The van der Waals surface area contributed by atoms with Crippen LogP contribution in [0.3, 0.4) is 0 Å². The molecule has 1 aliphatic rings. The predicted molar refractivity (Wildman–Crippen MR) is 67.8 cm³/mol. The van der Waals surface area contributed by atoms with Crippen molar-refractivity contribution in [1.29, 1.82) is 0 Å². The van der Waals surface area contributed by atoms with Gasteiger partial charge in [0, 0.05) is 0 Å². The Hall–Kier alpha value is -1.26. The topological polar surface area (TPSA) is 58.9 Å². The van der Waals surface area contributed by atoms with Crippen LogP contribution in [0, 0.1) is 0 Å². The SMILES string of the molecule is COc1ccc(CO)cc1OC1CCCCC1O. The van der Waals surface area contributed by atoms with E-state index in [0.29, 0.717) is 11.5 Å². The molecule has 2 unspecified atom stereocenters. The molecule has 0 spiro atoms. The summed E-state index contributed by atoms with van der Waals surface area (Å²) in [6, 6.07) is 5.33. The number of benzene rings is 1. The van der Waals surface area contributed by atoms with Crippen molar-refractivity contribution < 1.29 is 19.7 Å². The molecule has 0 aliphatic heterocycles. The molecule has 1 fully saturated rings. The van der Waals surface area contributed by atoms with E-state index < -0.39 is 6.10 Å². The Bertz CT molecular complexity index is 391. The minimum atomic E-state index is -0.416. The molecule has 2 N–H and O–H groups in total. The Morgan fingerprint density at radius 2 is 2.00 bits per heavy atom. The second kappa shape index (κ2) is 6.07. The van der Waals surface area contributed by atoms with Crippen LogP contribution in [0.1, 0.15) is 31.2 Å². The van der Waals surface area contributed by atoms with Crippen molar-refractivity contribution in [1.82, 2.24) is 0 Å². The predicted octanol–water partition coefficient (Wildman–Crippen LogP) is 1.87. The van der Waals surface area contributed by atoms with Crippen LogP contribution in [0.25, 0.3) is 0 Å². The molecule has 18 heavy (non-hydrogen) atoms. The van der Waals surface area contributed by atoms with Crippen molar-refractivity contribution in [3.05, 3.63) is 23.8 Å². The Kier molecular flexibility index (Phi) is 4.44. The molecule has 0 aromatic heterocycles. The molecule has 100 valence electrons. The minimum Gasteiger partial charge on any atom is -0.493 e. The lowest BCUT2D eigenvalue weighted by atomic mass is 9.95. The first-order valence-electron chi connectivity index (χ1n) is 6.37. The molecule has 4 heteroatoms. The molecule has 0 saturated heterocycles. The van der Waals surface area contributed by atoms with Crippen LogP contribution in [0.4, 0.5) is 0 Å². The fraction of sp³-hybridized carbons (Fsp3) is 0.571. The third kappa shape index (κ3) is 2.94. The third-order valence-electron chi connectivity index (χ3n) is 3.36. The van der Waals surface area contributed by atoms with Gasteiger partial charge in [0.1, 0.15) is 6.10 Å². The molecule has 1 saturated carbocycles. The highest BCUT2D eigenvalue weighted by atomic mass is 16.5. The second-order valence-electron chi connectivity index (χ2n) is 4.65. The van der Waals surface area contributed by atoms with Gasteiger partial charge in [0.05, 0.1) is 19.8 Å². The van der Waals surface area contributed by atoms with Gasteiger partial charge in [-0.15, -0.1) is 0 Å². The van der Waals surface area contributed by atoms with E-state index in [0.717, 1.165) is 31.2 Å². The molecule has 1 aromatic rings. The van der Waals surface area contributed by atoms with Crippen molar-refractivity contribution in [3.8, 4) is 11.5 Å². The van der Waals surface area contributed by atoms with E-state index in [9.17, 15) is 5.11 Å². The van der Waals surface area contributed by atoms with Crippen molar-refractivity contribution >= 4 is 0 Å². The fourth-order valence-corrected chi connectivity index (χ4v) is 2.29. The monoisotopic (exact) mass is 252 g/mol. The van der Waals surface area contributed by atoms with Gasteiger partial charge in [-0.1, -0.05) is 12.5 Å². The lowest BCUT2D eigenvalue weighted by molar-refractivity contribution is 0.00560. The van der Waals surface area contributed by atoms with Gasteiger partial charge in [-0.05, 0) is 37.0 Å². The van der Waals surface area contributed by atoms with E-state index in [-0.39, 0.29) is 12.7 Å². The number of aliphatic hydroxyl groups excluding tert-OH is 2. The molecule has 0 amide bonds. The highest BCUT2D eigenvalue weighted by molar-refractivity contribution is 5.43. The average Bonchev–Trinajstić information content (AvgIpc) is 2.41. The van der Waals surface area contributed by atoms with Gasteiger partial charge in [0.15, 0.2) is 11.5 Å².